The molecule has 2 atom stereocenters. The van der Waals surface area contributed by atoms with Crippen LogP contribution in [0.4, 0.5) is 4.39 Å². The van der Waals surface area contributed by atoms with Gasteiger partial charge < -0.3 is 10.2 Å². The van der Waals surface area contributed by atoms with Crippen LogP contribution in [0.3, 0.4) is 0 Å². The van der Waals surface area contributed by atoms with E-state index >= 15 is 0 Å². The second-order valence-corrected chi connectivity index (χ2v) is 7.78. The number of halogens is 1. The molecule has 2 saturated heterocycles. The summed E-state index contributed by atoms with van der Waals surface area (Å²) in [7, 11) is 0. The Labute approximate surface area is 163 Å². The van der Waals surface area contributed by atoms with Gasteiger partial charge in [-0.15, -0.1) is 0 Å². The van der Waals surface area contributed by atoms with Crippen LogP contribution in [0.5, 0.6) is 0 Å². The summed E-state index contributed by atoms with van der Waals surface area (Å²) in [5.74, 6) is -0.530. The molecule has 0 saturated carbocycles. The Bertz CT molecular complexity index is 854. The van der Waals surface area contributed by atoms with Crippen LogP contribution in [-0.4, -0.2) is 45.1 Å². The molecule has 2 aliphatic heterocycles. The molecule has 28 heavy (non-hydrogen) atoms. The van der Waals surface area contributed by atoms with Crippen LogP contribution in [0, 0.1) is 5.82 Å². The lowest BCUT2D eigenvalue weighted by Gasteiger charge is -2.34. The number of carbonyl (C=O) groups is 2. The smallest absolute Gasteiger partial charge is 0.224 e. The molecule has 2 amide bonds. The standard InChI is InChI=1S/C21H25FN4O2/c22-18-7-2-1-6-16(18)17-14-25(20(28)9-13-26-12-5-11-23-26)15-21(17)10-4-3-8-19(27)24-21/h1-2,5-7,11-12,17H,3-4,8-10,13-15H2,(H,24,27)/t17-,21+/m0/s1. The maximum Gasteiger partial charge on any atom is 0.224 e. The van der Waals surface area contributed by atoms with Gasteiger partial charge in [-0.2, -0.15) is 5.10 Å². The Kier molecular flexibility index (Phi) is 5.15. The van der Waals surface area contributed by atoms with E-state index in [-0.39, 0.29) is 23.5 Å². The van der Waals surface area contributed by atoms with Crippen LogP contribution in [0.15, 0.2) is 42.7 Å². The zero-order valence-electron chi connectivity index (χ0n) is 15.8. The fourth-order valence-corrected chi connectivity index (χ4v) is 4.56. The summed E-state index contributed by atoms with van der Waals surface area (Å²) in [6.07, 6.45) is 6.79. The van der Waals surface area contributed by atoms with Crippen molar-refractivity contribution in [3.8, 4) is 0 Å². The Morgan fingerprint density at radius 2 is 2.14 bits per heavy atom. The minimum absolute atomic E-state index is 0.00668. The van der Waals surface area contributed by atoms with Crippen molar-refractivity contribution in [1.82, 2.24) is 20.0 Å². The summed E-state index contributed by atoms with van der Waals surface area (Å²) in [5, 5.41) is 7.30. The molecule has 0 unspecified atom stereocenters. The van der Waals surface area contributed by atoms with Gasteiger partial charge in [-0.25, -0.2) is 4.39 Å². The Morgan fingerprint density at radius 3 is 2.93 bits per heavy atom. The van der Waals surface area contributed by atoms with Crippen LogP contribution in [-0.2, 0) is 16.1 Å². The van der Waals surface area contributed by atoms with Gasteiger partial charge in [0.2, 0.25) is 11.8 Å². The zero-order chi connectivity index (χ0) is 19.6. The van der Waals surface area contributed by atoms with E-state index in [2.05, 4.69) is 10.4 Å². The summed E-state index contributed by atoms with van der Waals surface area (Å²) >= 11 is 0. The summed E-state index contributed by atoms with van der Waals surface area (Å²) in [5.41, 5.74) is -0.0241. The molecule has 2 aliphatic rings. The van der Waals surface area contributed by atoms with Gasteiger partial charge in [-0.1, -0.05) is 24.6 Å². The van der Waals surface area contributed by atoms with Crippen LogP contribution < -0.4 is 5.32 Å². The number of hydrogen-bond acceptors (Lipinski definition) is 3. The van der Waals surface area contributed by atoms with Gasteiger partial charge in [-0.05, 0) is 30.5 Å². The van der Waals surface area contributed by atoms with Gasteiger partial charge in [0.1, 0.15) is 5.82 Å². The Morgan fingerprint density at radius 1 is 1.29 bits per heavy atom. The first-order valence-corrected chi connectivity index (χ1v) is 9.88. The largest absolute Gasteiger partial charge is 0.348 e. The van der Waals surface area contributed by atoms with Gasteiger partial charge in [-0.3, -0.25) is 14.3 Å². The number of carbonyl (C=O) groups excluding carboxylic acids is 2. The summed E-state index contributed by atoms with van der Waals surface area (Å²) < 4.78 is 16.3. The number of aryl methyl sites for hydroxylation is 1. The first kappa shape index (κ1) is 18.7. The molecule has 0 radical (unpaired) electrons. The molecule has 2 aromatic rings. The zero-order valence-corrected chi connectivity index (χ0v) is 15.8. The molecule has 7 heteroatoms. The van der Waals surface area contributed by atoms with E-state index in [0.29, 0.717) is 38.0 Å². The molecule has 148 valence electrons. The quantitative estimate of drug-likeness (QED) is 0.881. The molecule has 1 aromatic heterocycles. The molecule has 0 bridgehead atoms. The fraction of sp³-hybridized carbons (Fsp3) is 0.476. The van der Waals surface area contributed by atoms with Crippen molar-refractivity contribution in [2.45, 2.75) is 50.1 Å². The summed E-state index contributed by atoms with van der Waals surface area (Å²) in [6.45, 7) is 1.35. The summed E-state index contributed by atoms with van der Waals surface area (Å²) in [4.78, 5) is 27.0. The van der Waals surface area contributed by atoms with E-state index in [0.717, 1.165) is 19.3 Å². The third kappa shape index (κ3) is 3.66. The molecule has 2 fully saturated rings. The molecule has 1 N–H and O–H groups in total. The number of likely N-dealkylation sites (tertiary alicyclic amines) is 1. The number of nitrogens with zero attached hydrogens (tertiary/aromatic N) is 3. The molecular formula is C21H25FN4O2. The normalized spacial score (nSPS) is 25.0. The molecule has 4 rings (SSSR count). The van der Waals surface area contributed by atoms with Crippen LogP contribution in [0.1, 0.15) is 43.6 Å². The molecule has 3 heterocycles. The Hall–Kier alpha value is -2.70. The molecule has 1 aromatic carbocycles. The maximum absolute atomic E-state index is 14.6. The fourth-order valence-electron chi connectivity index (χ4n) is 4.56. The number of amides is 2. The van der Waals surface area contributed by atoms with Crippen LogP contribution in [0.2, 0.25) is 0 Å². The van der Waals surface area contributed by atoms with E-state index < -0.39 is 5.54 Å². The topological polar surface area (TPSA) is 67.2 Å². The van der Waals surface area contributed by atoms with Crippen molar-refractivity contribution in [2.75, 3.05) is 13.1 Å². The molecule has 0 aliphatic carbocycles. The second kappa shape index (κ2) is 7.73. The van der Waals surface area contributed by atoms with Crippen LogP contribution in [0.25, 0.3) is 0 Å². The highest BCUT2D eigenvalue weighted by Crippen LogP contribution is 2.41. The molecule has 6 nitrogen and oxygen atoms in total. The van der Waals surface area contributed by atoms with Gasteiger partial charge in [0.15, 0.2) is 0 Å². The van der Waals surface area contributed by atoms with Crippen molar-refractivity contribution >= 4 is 11.8 Å². The highest BCUT2D eigenvalue weighted by Gasteiger charge is 2.50. The van der Waals surface area contributed by atoms with E-state index in [1.807, 2.05) is 18.3 Å². The number of nitrogens with one attached hydrogen (secondary N) is 1. The minimum atomic E-state index is -0.600. The highest BCUT2D eigenvalue weighted by molar-refractivity contribution is 5.79. The monoisotopic (exact) mass is 384 g/mol. The third-order valence-electron chi connectivity index (χ3n) is 5.96. The number of benzene rings is 1. The molecule has 1 spiro atoms. The second-order valence-electron chi connectivity index (χ2n) is 7.78. The first-order valence-electron chi connectivity index (χ1n) is 9.88. The van der Waals surface area contributed by atoms with Crippen molar-refractivity contribution in [3.63, 3.8) is 0 Å². The lowest BCUT2D eigenvalue weighted by Crippen LogP contribution is -2.53. The minimum Gasteiger partial charge on any atom is -0.348 e. The predicted molar refractivity (Wildman–Crippen MR) is 102 cm³/mol. The van der Waals surface area contributed by atoms with E-state index in [1.54, 1.807) is 27.9 Å². The number of rotatable bonds is 4. The number of hydrogen-bond donors (Lipinski definition) is 1. The maximum atomic E-state index is 14.6. The van der Waals surface area contributed by atoms with Crippen LogP contribution >= 0.6 is 0 Å². The average molecular weight is 384 g/mol. The van der Waals surface area contributed by atoms with Crippen molar-refractivity contribution in [3.05, 3.63) is 54.1 Å². The average Bonchev–Trinajstić information content (AvgIpc) is 3.28. The van der Waals surface area contributed by atoms with Crippen molar-refractivity contribution in [2.24, 2.45) is 0 Å². The van der Waals surface area contributed by atoms with Crippen molar-refractivity contribution < 1.29 is 14.0 Å². The van der Waals surface area contributed by atoms with Gasteiger partial charge in [0, 0.05) is 50.8 Å². The lowest BCUT2D eigenvalue weighted by atomic mass is 9.78. The van der Waals surface area contributed by atoms with Gasteiger partial charge in [0.05, 0.1) is 5.54 Å². The number of aromatic nitrogens is 2. The first-order chi connectivity index (χ1) is 13.6. The predicted octanol–water partition coefficient (Wildman–Crippen LogP) is 2.47. The molecular weight excluding hydrogens is 359 g/mol. The van der Waals surface area contributed by atoms with Gasteiger partial charge >= 0.3 is 0 Å². The van der Waals surface area contributed by atoms with E-state index in [1.165, 1.54) is 6.07 Å². The van der Waals surface area contributed by atoms with E-state index in [4.69, 9.17) is 0 Å². The Balaban J connectivity index is 1.58. The van der Waals surface area contributed by atoms with Crippen molar-refractivity contribution in [1.29, 1.82) is 0 Å². The van der Waals surface area contributed by atoms with E-state index in [9.17, 15) is 14.0 Å². The third-order valence-corrected chi connectivity index (χ3v) is 5.96. The van der Waals surface area contributed by atoms with Gasteiger partial charge in [0.25, 0.3) is 0 Å². The summed E-state index contributed by atoms with van der Waals surface area (Å²) in [6, 6.07) is 8.52. The highest BCUT2D eigenvalue weighted by atomic mass is 19.1. The lowest BCUT2D eigenvalue weighted by molar-refractivity contribution is -0.131. The SMILES string of the molecule is O=C1CCCC[C@]2(CN(C(=O)CCn3cccn3)C[C@H]2c2ccccc2F)N1.